The molecule has 0 saturated heterocycles. The zero-order valence-electron chi connectivity index (χ0n) is 22.7. The number of benzene rings is 1. The molecule has 1 aromatic rings. The number of para-hydroxylation sites is 1. The monoisotopic (exact) mass is 530 g/mol. The first-order valence-corrected chi connectivity index (χ1v) is 12.8. The molecule has 0 saturated carbocycles. The third kappa shape index (κ3) is 8.32. The summed E-state index contributed by atoms with van der Waals surface area (Å²) in [7, 11) is 0. The van der Waals surface area contributed by atoms with E-state index in [0.717, 1.165) is 5.56 Å². The molecule has 4 amide bonds. The summed E-state index contributed by atoms with van der Waals surface area (Å²) in [6.45, 7) is 8.67. The maximum atomic E-state index is 13.4. The molecule has 3 N–H and O–H groups in total. The SMILES string of the molecule is CCOC=C(CC(=O)OCC)NC(=O)[C@@H]1Cc2ccccc2N1C(=O)CNC(=O)[C@@H](NC(C)=O)[C@@H](C)CC. The number of esters is 1. The Morgan fingerprint density at radius 3 is 2.45 bits per heavy atom. The lowest BCUT2D eigenvalue weighted by atomic mass is 9.98. The first kappa shape index (κ1) is 30.3. The van der Waals surface area contributed by atoms with E-state index in [1.54, 1.807) is 26.0 Å². The molecule has 0 fully saturated rings. The lowest BCUT2D eigenvalue weighted by Gasteiger charge is -2.27. The van der Waals surface area contributed by atoms with Gasteiger partial charge in [-0.3, -0.25) is 28.9 Å². The number of carbonyl (C=O) groups is 5. The summed E-state index contributed by atoms with van der Waals surface area (Å²) in [6, 6.07) is 5.43. The summed E-state index contributed by atoms with van der Waals surface area (Å²) >= 11 is 0. The van der Waals surface area contributed by atoms with Crippen molar-refractivity contribution in [1.29, 1.82) is 0 Å². The first-order chi connectivity index (χ1) is 18.1. The molecule has 1 aliphatic heterocycles. The quantitative estimate of drug-likeness (QED) is 0.259. The molecule has 0 aliphatic carbocycles. The van der Waals surface area contributed by atoms with Crippen LogP contribution in [0.2, 0.25) is 0 Å². The highest BCUT2D eigenvalue weighted by Crippen LogP contribution is 2.32. The number of anilines is 1. The molecule has 1 aliphatic rings. The van der Waals surface area contributed by atoms with E-state index in [2.05, 4.69) is 16.0 Å². The van der Waals surface area contributed by atoms with Gasteiger partial charge in [-0.05, 0) is 31.4 Å². The molecule has 38 heavy (non-hydrogen) atoms. The molecule has 11 heteroatoms. The van der Waals surface area contributed by atoms with Gasteiger partial charge >= 0.3 is 5.97 Å². The largest absolute Gasteiger partial charge is 0.500 e. The van der Waals surface area contributed by atoms with Crippen molar-refractivity contribution in [2.75, 3.05) is 24.7 Å². The van der Waals surface area contributed by atoms with Gasteiger partial charge in [0.1, 0.15) is 18.3 Å². The van der Waals surface area contributed by atoms with Crippen LogP contribution in [0.15, 0.2) is 36.2 Å². The number of nitrogens with one attached hydrogen (secondary N) is 3. The highest BCUT2D eigenvalue weighted by atomic mass is 16.5. The van der Waals surface area contributed by atoms with Crippen LogP contribution in [0.25, 0.3) is 0 Å². The summed E-state index contributed by atoms with van der Waals surface area (Å²) in [5, 5.41) is 7.94. The zero-order valence-corrected chi connectivity index (χ0v) is 22.7. The normalized spacial score (nSPS) is 16.1. The van der Waals surface area contributed by atoms with Crippen LogP contribution >= 0.6 is 0 Å². The van der Waals surface area contributed by atoms with Crippen molar-refractivity contribution in [2.24, 2.45) is 5.92 Å². The van der Waals surface area contributed by atoms with E-state index < -0.39 is 35.8 Å². The highest BCUT2D eigenvalue weighted by Gasteiger charge is 2.39. The van der Waals surface area contributed by atoms with E-state index in [0.29, 0.717) is 18.7 Å². The summed E-state index contributed by atoms with van der Waals surface area (Å²) < 4.78 is 10.2. The number of fused-ring (bicyclic) bond motifs is 1. The Morgan fingerprint density at radius 1 is 1.11 bits per heavy atom. The Balaban J connectivity index is 2.21. The van der Waals surface area contributed by atoms with Crippen LogP contribution in [0.1, 0.15) is 53.0 Å². The number of amides is 4. The summed E-state index contributed by atoms with van der Waals surface area (Å²) in [5.74, 6) is -2.50. The summed E-state index contributed by atoms with van der Waals surface area (Å²) in [4.78, 5) is 64.5. The van der Waals surface area contributed by atoms with Gasteiger partial charge in [0.2, 0.25) is 23.6 Å². The smallest absolute Gasteiger partial charge is 0.311 e. The second-order valence-electron chi connectivity index (χ2n) is 8.96. The number of hydrogen-bond donors (Lipinski definition) is 3. The number of nitrogens with zero attached hydrogens (tertiary/aromatic N) is 1. The van der Waals surface area contributed by atoms with Gasteiger partial charge in [-0.2, -0.15) is 0 Å². The third-order valence-corrected chi connectivity index (χ3v) is 6.13. The summed E-state index contributed by atoms with van der Waals surface area (Å²) in [5.41, 5.74) is 1.57. The molecule has 11 nitrogen and oxygen atoms in total. The Morgan fingerprint density at radius 2 is 1.82 bits per heavy atom. The molecular weight excluding hydrogens is 492 g/mol. The predicted molar refractivity (Wildman–Crippen MR) is 141 cm³/mol. The van der Waals surface area contributed by atoms with E-state index >= 15 is 0 Å². The lowest BCUT2D eigenvalue weighted by Crippen LogP contribution is -2.54. The minimum atomic E-state index is -0.912. The van der Waals surface area contributed by atoms with Crippen LogP contribution in [0.3, 0.4) is 0 Å². The van der Waals surface area contributed by atoms with E-state index in [1.807, 2.05) is 26.0 Å². The molecule has 3 atom stereocenters. The number of ether oxygens (including phenoxy) is 2. The van der Waals surface area contributed by atoms with Gasteiger partial charge in [0.15, 0.2) is 0 Å². The Bertz CT molecular complexity index is 1060. The third-order valence-electron chi connectivity index (χ3n) is 6.13. The fraction of sp³-hybridized carbons (Fsp3) is 0.519. The molecular formula is C27H38N4O7. The maximum Gasteiger partial charge on any atom is 0.311 e. The van der Waals surface area contributed by atoms with E-state index in [4.69, 9.17) is 9.47 Å². The van der Waals surface area contributed by atoms with Crippen LogP contribution in [-0.2, 0) is 39.9 Å². The fourth-order valence-corrected chi connectivity index (χ4v) is 4.09. The van der Waals surface area contributed by atoms with Crippen molar-refractivity contribution in [3.8, 4) is 0 Å². The number of rotatable bonds is 13. The minimum absolute atomic E-state index is 0.144. The van der Waals surface area contributed by atoms with Crippen molar-refractivity contribution >= 4 is 35.3 Å². The van der Waals surface area contributed by atoms with Crippen molar-refractivity contribution in [1.82, 2.24) is 16.0 Å². The van der Waals surface area contributed by atoms with Gasteiger partial charge in [-0.15, -0.1) is 0 Å². The van der Waals surface area contributed by atoms with Gasteiger partial charge < -0.3 is 25.4 Å². The van der Waals surface area contributed by atoms with Gasteiger partial charge in [0, 0.05) is 19.0 Å². The Labute approximate surface area is 223 Å². The molecule has 1 heterocycles. The maximum absolute atomic E-state index is 13.4. The fourth-order valence-electron chi connectivity index (χ4n) is 4.09. The van der Waals surface area contributed by atoms with Crippen LogP contribution in [0, 0.1) is 5.92 Å². The van der Waals surface area contributed by atoms with Crippen molar-refractivity contribution in [3.63, 3.8) is 0 Å². The van der Waals surface area contributed by atoms with Gasteiger partial charge in [0.05, 0.1) is 31.9 Å². The molecule has 0 spiro atoms. The molecule has 0 aromatic heterocycles. The zero-order chi connectivity index (χ0) is 28.2. The predicted octanol–water partition coefficient (Wildman–Crippen LogP) is 1.56. The molecule has 0 unspecified atom stereocenters. The van der Waals surface area contributed by atoms with Crippen molar-refractivity contribution in [2.45, 2.75) is 66.0 Å². The second-order valence-corrected chi connectivity index (χ2v) is 8.96. The molecule has 208 valence electrons. The number of carbonyl (C=O) groups excluding carboxylic acids is 5. The van der Waals surface area contributed by atoms with E-state index in [1.165, 1.54) is 18.1 Å². The number of hydrogen-bond acceptors (Lipinski definition) is 7. The molecule has 0 bridgehead atoms. The van der Waals surface area contributed by atoms with Crippen molar-refractivity contribution < 1.29 is 33.4 Å². The van der Waals surface area contributed by atoms with Crippen LogP contribution in [-0.4, -0.2) is 61.4 Å². The van der Waals surface area contributed by atoms with Crippen LogP contribution in [0.5, 0.6) is 0 Å². The van der Waals surface area contributed by atoms with Gasteiger partial charge in [-0.25, -0.2) is 0 Å². The molecule has 0 radical (unpaired) electrons. The van der Waals surface area contributed by atoms with Crippen molar-refractivity contribution in [3.05, 3.63) is 41.8 Å². The standard InChI is InChI=1S/C27H38N4O7/c1-6-17(4)25(29-18(5)32)27(36)28-15-23(33)31-21-12-10-9-11-19(21)13-22(31)26(35)30-20(16-37-7-2)14-24(34)38-8-3/h9-12,16-17,22,25H,6-8,13-15H2,1-5H3,(H,28,36)(H,29,32)(H,30,35)/t17-,22-,25-/m0/s1. The summed E-state index contributed by atoms with van der Waals surface area (Å²) in [6.07, 6.45) is 1.99. The lowest BCUT2D eigenvalue weighted by molar-refractivity contribution is -0.142. The highest BCUT2D eigenvalue weighted by molar-refractivity contribution is 6.05. The average molecular weight is 531 g/mol. The first-order valence-electron chi connectivity index (χ1n) is 12.8. The van der Waals surface area contributed by atoms with E-state index in [-0.39, 0.29) is 43.5 Å². The average Bonchev–Trinajstić information content (AvgIpc) is 3.28. The van der Waals surface area contributed by atoms with Gasteiger partial charge in [-0.1, -0.05) is 38.5 Å². The molecule has 1 aromatic carbocycles. The van der Waals surface area contributed by atoms with Crippen LogP contribution < -0.4 is 20.9 Å². The topological polar surface area (TPSA) is 143 Å². The Hall–Kier alpha value is -3.89. The Kier molecular flexibility index (Phi) is 11.8. The second kappa shape index (κ2) is 14.7. The van der Waals surface area contributed by atoms with Crippen LogP contribution in [0.4, 0.5) is 5.69 Å². The minimum Gasteiger partial charge on any atom is -0.500 e. The van der Waals surface area contributed by atoms with E-state index in [9.17, 15) is 24.0 Å². The van der Waals surface area contributed by atoms with Gasteiger partial charge in [0.25, 0.3) is 0 Å². The molecule has 2 rings (SSSR count).